The molecule has 0 amide bonds. The van der Waals surface area contributed by atoms with Crippen LogP contribution in [-0.4, -0.2) is 9.97 Å². The molecule has 0 spiro atoms. The highest BCUT2D eigenvalue weighted by Gasteiger charge is 1.91. The lowest BCUT2D eigenvalue weighted by Crippen LogP contribution is -1.85. The van der Waals surface area contributed by atoms with Crippen LogP contribution in [-0.2, 0) is 6.42 Å². The van der Waals surface area contributed by atoms with Gasteiger partial charge < -0.3 is 0 Å². The number of rotatable bonds is 1. The summed E-state index contributed by atoms with van der Waals surface area (Å²) in [5.41, 5.74) is 2.90. The van der Waals surface area contributed by atoms with E-state index in [9.17, 15) is 0 Å². The van der Waals surface area contributed by atoms with Gasteiger partial charge in [0.1, 0.15) is 10.8 Å². The van der Waals surface area contributed by atoms with Crippen molar-refractivity contribution in [3.05, 3.63) is 58.6 Å². The third-order valence-corrected chi connectivity index (χ3v) is 2.51. The number of halogens is 1. The van der Waals surface area contributed by atoms with E-state index in [2.05, 4.69) is 40.9 Å². The van der Waals surface area contributed by atoms with Gasteiger partial charge in [-0.2, -0.15) is 0 Å². The maximum Gasteiger partial charge on any atom is 0.147 e. The Labute approximate surface area is 106 Å². The van der Waals surface area contributed by atoms with Crippen molar-refractivity contribution in [2.24, 2.45) is 0 Å². The summed E-state index contributed by atoms with van der Waals surface area (Å²) in [7, 11) is 0. The van der Waals surface area contributed by atoms with Crippen molar-refractivity contribution in [2.75, 3.05) is 0 Å². The first-order valence-corrected chi connectivity index (χ1v) is 5.74. The minimum absolute atomic E-state index is 0.378. The molecule has 0 saturated heterocycles. The van der Waals surface area contributed by atoms with E-state index in [1.165, 1.54) is 11.8 Å². The van der Waals surface area contributed by atoms with Crippen LogP contribution in [0.25, 0.3) is 0 Å². The standard InChI is InChI=1S/C14H11ClN2/c1-2-11-3-5-12(6-4-11)7-8-13-9-17-14(15)10-16-13/h3-6,9-10H,2H2,1H3. The second kappa shape index (κ2) is 5.47. The van der Waals surface area contributed by atoms with Crippen LogP contribution in [0.2, 0.25) is 5.15 Å². The van der Waals surface area contributed by atoms with Gasteiger partial charge in [0.15, 0.2) is 0 Å². The highest BCUT2D eigenvalue weighted by Crippen LogP contribution is 2.04. The third kappa shape index (κ3) is 3.30. The average Bonchev–Trinajstić information content (AvgIpc) is 2.39. The molecule has 1 heterocycles. The Hall–Kier alpha value is -1.85. The molecule has 3 heteroatoms. The van der Waals surface area contributed by atoms with Crippen LogP contribution in [0.3, 0.4) is 0 Å². The van der Waals surface area contributed by atoms with Crippen molar-refractivity contribution >= 4 is 11.6 Å². The fraction of sp³-hybridized carbons (Fsp3) is 0.143. The SMILES string of the molecule is CCc1ccc(C#Cc2cnc(Cl)cn2)cc1. The van der Waals surface area contributed by atoms with E-state index in [0.29, 0.717) is 10.8 Å². The molecule has 1 aromatic carbocycles. The van der Waals surface area contributed by atoms with Gasteiger partial charge in [-0.3, -0.25) is 0 Å². The average molecular weight is 243 g/mol. The number of aryl methyl sites for hydroxylation is 1. The Bertz CT molecular complexity index is 548. The summed E-state index contributed by atoms with van der Waals surface area (Å²) in [6.07, 6.45) is 4.10. The first-order valence-electron chi connectivity index (χ1n) is 5.36. The van der Waals surface area contributed by atoms with Gasteiger partial charge in [0, 0.05) is 5.56 Å². The quantitative estimate of drug-likeness (QED) is 0.719. The summed E-state index contributed by atoms with van der Waals surface area (Å²) in [6, 6.07) is 8.18. The van der Waals surface area contributed by atoms with Gasteiger partial charge in [-0.15, -0.1) is 0 Å². The molecule has 0 radical (unpaired) electrons. The van der Waals surface area contributed by atoms with E-state index in [1.54, 1.807) is 6.20 Å². The molecule has 0 atom stereocenters. The maximum absolute atomic E-state index is 5.64. The molecule has 17 heavy (non-hydrogen) atoms. The van der Waals surface area contributed by atoms with Crippen molar-refractivity contribution in [3.63, 3.8) is 0 Å². The van der Waals surface area contributed by atoms with Crippen LogP contribution in [0.15, 0.2) is 36.7 Å². The van der Waals surface area contributed by atoms with Crippen LogP contribution >= 0.6 is 11.6 Å². The summed E-state index contributed by atoms with van der Waals surface area (Å²) < 4.78 is 0. The largest absolute Gasteiger partial charge is 0.243 e. The van der Waals surface area contributed by atoms with Crippen LogP contribution in [0.5, 0.6) is 0 Å². The molecule has 0 saturated carbocycles. The van der Waals surface area contributed by atoms with E-state index in [-0.39, 0.29) is 0 Å². The molecule has 0 aliphatic rings. The van der Waals surface area contributed by atoms with E-state index in [4.69, 9.17) is 11.6 Å². The fourth-order valence-electron chi connectivity index (χ4n) is 1.34. The summed E-state index contributed by atoms with van der Waals surface area (Å²) in [4.78, 5) is 7.98. The number of hydrogen-bond acceptors (Lipinski definition) is 2. The Morgan fingerprint density at radius 1 is 1.06 bits per heavy atom. The van der Waals surface area contributed by atoms with Crippen LogP contribution < -0.4 is 0 Å². The van der Waals surface area contributed by atoms with Crippen LogP contribution in [0.1, 0.15) is 23.7 Å². The zero-order valence-electron chi connectivity index (χ0n) is 9.44. The monoisotopic (exact) mass is 242 g/mol. The molecule has 0 fully saturated rings. The van der Waals surface area contributed by atoms with E-state index in [0.717, 1.165) is 12.0 Å². The lowest BCUT2D eigenvalue weighted by Gasteiger charge is -1.95. The summed E-state index contributed by atoms with van der Waals surface area (Å²) in [6.45, 7) is 2.13. The molecule has 2 aromatic rings. The number of hydrogen-bond donors (Lipinski definition) is 0. The summed E-state index contributed by atoms with van der Waals surface area (Å²) in [5, 5.41) is 0.378. The van der Waals surface area contributed by atoms with E-state index >= 15 is 0 Å². The second-order valence-corrected chi connectivity index (χ2v) is 3.91. The van der Waals surface area contributed by atoms with Gasteiger partial charge in [0.2, 0.25) is 0 Å². The molecule has 0 bridgehead atoms. The van der Waals surface area contributed by atoms with Crippen molar-refractivity contribution in [3.8, 4) is 11.8 Å². The molecule has 84 valence electrons. The predicted molar refractivity (Wildman–Crippen MR) is 68.8 cm³/mol. The molecule has 0 N–H and O–H groups in total. The second-order valence-electron chi connectivity index (χ2n) is 3.52. The molecule has 2 nitrogen and oxygen atoms in total. The molecule has 2 rings (SSSR count). The van der Waals surface area contributed by atoms with Crippen LogP contribution in [0, 0.1) is 11.8 Å². The lowest BCUT2D eigenvalue weighted by molar-refractivity contribution is 1.14. The van der Waals surface area contributed by atoms with Gasteiger partial charge in [0.05, 0.1) is 12.4 Å². The number of aromatic nitrogens is 2. The van der Waals surface area contributed by atoms with Gasteiger partial charge in [-0.1, -0.05) is 36.6 Å². The smallest absolute Gasteiger partial charge is 0.147 e. The zero-order chi connectivity index (χ0) is 12.1. The maximum atomic E-state index is 5.64. The highest BCUT2D eigenvalue weighted by atomic mass is 35.5. The zero-order valence-corrected chi connectivity index (χ0v) is 10.2. The van der Waals surface area contributed by atoms with Gasteiger partial charge in [0.25, 0.3) is 0 Å². The Morgan fingerprint density at radius 2 is 1.82 bits per heavy atom. The minimum atomic E-state index is 0.378. The van der Waals surface area contributed by atoms with Gasteiger partial charge in [-0.05, 0) is 30.0 Å². The number of nitrogens with zero attached hydrogens (tertiary/aromatic N) is 2. The van der Waals surface area contributed by atoms with Crippen molar-refractivity contribution in [2.45, 2.75) is 13.3 Å². The third-order valence-electron chi connectivity index (χ3n) is 2.32. The Kier molecular flexibility index (Phi) is 3.74. The Morgan fingerprint density at radius 3 is 2.41 bits per heavy atom. The molecular formula is C14H11ClN2. The van der Waals surface area contributed by atoms with Gasteiger partial charge in [-0.25, -0.2) is 9.97 Å². The first-order chi connectivity index (χ1) is 8.28. The topological polar surface area (TPSA) is 25.8 Å². The minimum Gasteiger partial charge on any atom is -0.243 e. The highest BCUT2D eigenvalue weighted by molar-refractivity contribution is 6.29. The molecular weight excluding hydrogens is 232 g/mol. The molecule has 0 unspecified atom stereocenters. The summed E-state index contributed by atoms with van der Waals surface area (Å²) >= 11 is 5.64. The molecule has 0 aliphatic carbocycles. The Balaban J connectivity index is 2.17. The van der Waals surface area contributed by atoms with E-state index < -0.39 is 0 Å². The molecule has 1 aromatic heterocycles. The van der Waals surface area contributed by atoms with Crippen molar-refractivity contribution in [1.82, 2.24) is 9.97 Å². The first kappa shape index (κ1) is 11.6. The van der Waals surface area contributed by atoms with E-state index in [1.807, 2.05) is 12.1 Å². The van der Waals surface area contributed by atoms with Gasteiger partial charge >= 0.3 is 0 Å². The fourth-order valence-corrected chi connectivity index (χ4v) is 1.43. The molecule has 0 aliphatic heterocycles. The summed E-state index contributed by atoms with van der Waals surface area (Å²) in [5.74, 6) is 5.98. The normalized spacial score (nSPS) is 9.53. The number of benzene rings is 1. The van der Waals surface area contributed by atoms with Crippen LogP contribution in [0.4, 0.5) is 0 Å². The predicted octanol–water partition coefficient (Wildman–Crippen LogP) is 3.09. The van der Waals surface area contributed by atoms with Crippen molar-refractivity contribution < 1.29 is 0 Å². The lowest BCUT2D eigenvalue weighted by atomic mass is 10.1. The van der Waals surface area contributed by atoms with Crippen molar-refractivity contribution in [1.29, 1.82) is 0 Å².